The largest absolute Gasteiger partial charge is 0.447 e. The highest BCUT2D eigenvalue weighted by Gasteiger charge is 2.23. The van der Waals surface area contributed by atoms with Crippen LogP contribution in [0.4, 0.5) is 5.69 Å². The molecule has 0 N–H and O–H groups in total. The molecule has 0 bridgehead atoms. The SMILES string of the molecule is CN(C)S(=O)(=O)c1ccc(CN2CCN(c3ccccc3Cl)CC2)o1. The van der Waals surface area contributed by atoms with E-state index in [0.29, 0.717) is 12.3 Å². The van der Waals surface area contributed by atoms with Crippen molar-refractivity contribution in [2.75, 3.05) is 45.2 Å². The molecule has 1 aliphatic rings. The van der Waals surface area contributed by atoms with Gasteiger partial charge in [0.1, 0.15) is 5.76 Å². The van der Waals surface area contributed by atoms with Gasteiger partial charge in [-0.05, 0) is 24.3 Å². The minimum absolute atomic E-state index is 0.0118. The van der Waals surface area contributed by atoms with Crippen molar-refractivity contribution in [2.45, 2.75) is 11.6 Å². The average molecular weight is 384 g/mol. The van der Waals surface area contributed by atoms with Crippen LogP contribution >= 0.6 is 11.6 Å². The number of para-hydroxylation sites is 1. The Bertz CT molecular complexity index is 827. The Balaban J connectivity index is 1.60. The third-order valence-electron chi connectivity index (χ3n) is 4.32. The van der Waals surface area contributed by atoms with Gasteiger partial charge in [-0.2, -0.15) is 0 Å². The van der Waals surface area contributed by atoms with E-state index < -0.39 is 10.0 Å². The molecule has 1 fully saturated rings. The average Bonchev–Trinajstić information content (AvgIpc) is 3.05. The lowest BCUT2D eigenvalue weighted by atomic mass is 10.2. The molecule has 1 aliphatic heterocycles. The summed E-state index contributed by atoms with van der Waals surface area (Å²) in [7, 11) is -0.538. The number of rotatable bonds is 5. The maximum absolute atomic E-state index is 12.1. The van der Waals surface area contributed by atoms with E-state index >= 15 is 0 Å². The van der Waals surface area contributed by atoms with Crippen molar-refractivity contribution < 1.29 is 12.8 Å². The van der Waals surface area contributed by atoms with E-state index in [1.165, 1.54) is 20.2 Å². The predicted molar refractivity (Wildman–Crippen MR) is 98.5 cm³/mol. The second-order valence-electron chi connectivity index (χ2n) is 6.22. The number of nitrogens with zero attached hydrogens (tertiary/aromatic N) is 3. The molecule has 25 heavy (non-hydrogen) atoms. The number of benzene rings is 1. The van der Waals surface area contributed by atoms with Crippen molar-refractivity contribution in [1.82, 2.24) is 9.21 Å². The molecule has 0 spiro atoms. The van der Waals surface area contributed by atoms with Gasteiger partial charge in [-0.1, -0.05) is 23.7 Å². The summed E-state index contributed by atoms with van der Waals surface area (Å²) in [5.41, 5.74) is 1.06. The van der Waals surface area contributed by atoms with Gasteiger partial charge in [-0.3, -0.25) is 4.90 Å². The lowest BCUT2D eigenvalue weighted by Crippen LogP contribution is -2.46. The summed E-state index contributed by atoms with van der Waals surface area (Å²) < 4.78 is 30.8. The molecule has 0 atom stereocenters. The topological polar surface area (TPSA) is 57.0 Å². The van der Waals surface area contributed by atoms with Gasteiger partial charge in [0.15, 0.2) is 0 Å². The van der Waals surface area contributed by atoms with Gasteiger partial charge in [0, 0.05) is 40.3 Å². The lowest BCUT2D eigenvalue weighted by Gasteiger charge is -2.36. The molecule has 0 radical (unpaired) electrons. The molecule has 0 amide bonds. The molecule has 0 saturated carbocycles. The second kappa shape index (κ2) is 7.37. The third-order valence-corrected chi connectivity index (χ3v) is 6.33. The second-order valence-corrected chi connectivity index (χ2v) is 8.71. The van der Waals surface area contributed by atoms with E-state index in [-0.39, 0.29) is 5.09 Å². The van der Waals surface area contributed by atoms with Crippen molar-refractivity contribution >= 4 is 27.3 Å². The standard InChI is InChI=1S/C17H22ClN3O3S/c1-19(2)25(22,23)17-8-7-14(24-17)13-20-9-11-21(12-10-20)16-6-4-3-5-15(16)18/h3-8H,9-13H2,1-2H3. The highest BCUT2D eigenvalue weighted by Crippen LogP contribution is 2.26. The van der Waals surface area contributed by atoms with Gasteiger partial charge in [0.05, 0.1) is 17.3 Å². The number of sulfonamides is 1. The Morgan fingerprint density at radius 2 is 1.76 bits per heavy atom. The molecule has 0 aliphatic carbocycles. The zero-order valence-electron chi connectivity index (χ0n) is 14.4. The van der Waals surface area contributed by atoms with Crippen LogP contribution in [0.15, 0.2) is 45.9 Å². The first-order valence-electron chi connectivity index (χ1n) is 8.11. The molecular formula is C17H22ClN3O3S. The first-order valence-corrected chi connectivity index (χ1v) is 9.93. The Kier molecular flexibility index (Phi) is 5.38. The number of hydrogen-bond acceptors (Lipinski definition) is 5. The van der Waals surface area contributed by atoms with Gasteiger partial charge in [-0.25, -0.2) is 12.7 Å². The van der Waals surface area contributed by atoms with Crippen LogP contribution in [-0.2, 0) is 16.6 Å². The van der Waals surface area contributed by atoms with E-state index in [1.807, 2.05) is 24.3 Å². The molecule has 1 saturated heterocycles. The molecule has 8 heteroatoms. The summed E-state index contributed by atoms with van der Waals surface area (Å²) in [4.78, 5) is 4.52. The van der Waals surface area contributed by atoms with Crippen molar-refractivity contribution in [1.29, 1.82) is 0 Å². The monoisotopic (exact) mass is 383 g/mol. The van der Waals surface area contributed by atoms with E-state index in [0.717, 1.165) is 41.2 Å². The summed E-state index contributed by atoms with van der Waals surface area (Å²) in [5, 5.41) is 0.753. The Hall–Kier alpha value is -1.54. The van der Waals surface area contributed by atoms with Crippen LogP contribution in [0.5, 0.6) is 0 Å². The molecule has 0 unspecified atom stereocenters. The number of piperazine rings is 1. The smallest absolute Gasteiger partial charge is 0.275 e. The Morgan fingerprint density at radius 1 is 1.08 bits per heavy atom. The minimum Gasteiger partial charge on any atom is -0.447 e. The molecule has 1 aromatic heterocycles. The number of hydrogen-bond donors (Lipinski definition) is 0. The van der Waals surface area contributed by atoms with Gasteiger partial charge < -0.3 is 9.32 Å². The first kappa shape index (κ1) is 18.3. The molecule has 3 rings (SSSR count). The summed E-state index contributed by atoms with van der Waals surface area (Å²) in [6, 6.07) is 11.1. The summed E-state index contributed by atoms with van der Waals surface area (Å²) in [6.07, 6.45) is 0. The van der Waals surface area contributed by atoms with Gasteiger partial charge >= 0.3 is 0 Å². The van der Waals surface area contributed by atoms with Crippen molar-refractivity contribution in [3.05, 3.63) is 47.2 Å². The van der Waals surface area contributed by atoms with Gasteiger partial charge in [0.25, 0.3) is 10.0 Å². The van der Waals surface area contributed by atoms with Gasteiger partial charge in [0.2, 0.25) is 5.09 Å². The van der Waals surface area contributed by atoms with Crippen LogP contribution in [-0.4, -0.2) is 57.9 Å². The van der Waals surface area contributed by atoms with Crippen molar-refractivity contribution in [2.24, 2.45) is 0 Å². The lowest BCUT2D eigenvalue weighted by molar-refractivity contribution is 0.224. The van der Waals surface area contributed by atoms with Crippen LogP contribution in [0, 0.1) is 0 Å². The predicted octanol–water partition coefficient (Wildman–Crippen LogP) is 2.51. The van der Waals surface area contributed by atoms with Crippen LogP contribution < -0.4 is 4.90 Å². The number of anilines is 1. The molecule has 2 aromatic rings. The highest BCUT2D eigenvalue weighted by molar-refractivity contribution is 7.88. The quantitative estimate of drug-likeness (QED) is 0.794. The molecule has 2 heterocycles. The van der Waals surface area contributed by atoms with Crippen LogP contribution in [0.3, 0.4) is 0 Å². The zero-order valence-corrected chi connectivity index (χ0v) is 15.9. The normalized spacial score (nSPS) is 16.6. The fourth-order valence-corrected chi connectivity index (χ4v) is 3.90. The zero-order chi connectivity index (χ0) is 18.0. The highest BCUT2D eigenvalue weighted by atomic mass is 35.5. The van der Waals surface area contributed by atoms with E-state index in [1.54, 1.807) is 6.07 Å². The summed E-state index contributed by atoms with van der Waals surface area (Å²) in [6.45, 7) is 4.06. The maximum Gasteiger partial charge on any atom is 0.275 e. The summed E-state index contributed by atoms with van der Waals surface area (Å²) in [5.74, 6) is 0.659. The minimum atomic E-state index is -3.52. The first-order chi connectivity index (χ1) is 11.9. The fourth-order valence-electron chi connectivity index (χ4n) is 2.84. The Labute approximate surface area is 153 Å². The van der Waals surface area contributed by atoms with Crippen molar-refractivity contribution in [3.8, 4) is 0 Å². The molecule has 136 valence electrons. The molecule has 6 nitrogen and oxygen atoms in total. The molecule has 1 aromatic carbocycles. The van der Waals surface area contributed by atoms with Crippen LogP contribution in [0.2, 0.25) is 5.02 Å². The number of halogens is 1. The fraction of sp³-hybridized carbons (Fsp3) is 0.412. The summed E-state index contributed by atoms with van der Waals surface area (Å²) >= 11 is 6.26. The number of furan rings is 1. The van der Waals surface area contributed by atoms with E-state index in [9.17, 15) is 8.42 Å². The van der Waals surface area contributed by atoms with Crippen LogP contribution in [0.1, 0.15) is 5.76 Å². The van der Waals surface area contributed by atoms with E-state index in [4.69, 9.17) is 16.0 Å². The maximum atomic E-state index is 12.1. The van der Waals surface area contributed by atoms with Crippen molar-refractivity contribution in [3.63, 3.8) is 0 Å². The third kappa shape index (κ3) is 4.00. The Morgan fingerprint density at radius 3 is 2.40 bits per heavy atom. The molecular weight excluding hydrogens is 362 g/mol. The van der Waals surface area contributed by atoms with Crippen LogP contribution in [0.25, 0.3) is 0 Å². The van der Waals surface area contributed by atoms with E-state index in [2.05, 4.69) is 9.80 Å². The van der Waals surface area contributed by atoms with Gasteiger partial charge in [-0.15, -0.1) is 0 Å².